The number of carbonyl (C=O) groups excluding carboxylic acids is 3. The van der Waals surface area contributed by atoms with Crippen LogP contribution in [0.25, 0.3) is 0 Å². The van der Waals surface area contributed by atoms with Crippen LogP contribution in [0.1, 0.15) is 39.6 Å². The van der Waals surface area contributed by atoms with Gasteiger partial charge >= 0.3 is 5.97 Å². The number of carbonyl (C=O) groups is 3. The molecule has 0 atom stereocenters. The van der Waals surface area contributed by atoms with Crippen LogP contribution in [0.2, 0.25) is 10.0 Å². The number of ether oxygens (including phenoxy) is 3. The van der Waals surface area contributed by atoms with Crippen molar-refractivity contribution >= 4 is 47.2 Å². The molecule has 0 bridgehead atoms. The van der Waals surface area contributed by atoms with Gasteiger partial charge in [0.15, 0.2) is 11.5 Å². The first-order valence-electron chi connectivity index (χ1n) is 11.5. The molecule has 198 valence electrons. The second-order valence-electron chi connectivity index (χ2n) is 7.77. The lowest BCUT2D eigenvalue weighted by Crippen LogP contribution is -2.34. The van der Waals surface area contributed by atoms with E-state index >= 15 is 0 Å². The van der Waals surface area contributed by atoms with Crippen molar-refractivity contribution in [1.29, 1.82) is 0 Å². The van der Waals surface area contributed by atoms with Crippen LogP contribution in [0.3, 0.4) is 0 Å². The number of benzene rings is 3. The number of hydrogen-bond donors (Lipinski definition) is 2. The van der Waals surface area contributed by atoms with Crippen molar-refractivity contribution in [3.63, 3.8) is 0 Å². The molecule has 3 rings (SSSR count). The summed E-state index contributed by atoms with van der Waals surface area (Å²) in [5.74, 6) is -0.504. The summed E-state index contributed by atoms with van der Waals surface area (Å²) in [7, 11) is 1.42. The van der Waals surface area contributed by atoms with Gasteiger partial charge in [-0.25, -0.2) is 10.2 Å². The molecule has 9 nitrogen and oxygen atoms in total. The van der Waals surface area contributed by atoms with Gasteiger partial charge in [0, 0.05) is 10.6 Å². The fraction of sp³-hybridized carbons (Fsp3) is 0.185. The Morgan fingerprint density at radius 2 is 1.74 bits per heavy atom. The normalized spacial score (nSPS) is 10.6. The number of hydrogen-bond acceptors (Lipinski definition) is 7. The van der Waals surface area contributed by atoms with Crippen LogP contribution in [0.5, 0.6) is 17.2 Å². The number of methoxy groups -OCH3 is 1. The van der Waals surface area contributed by atoms with Crippen LogP contribution in [-0.4, -0.2) is 44.3 Å². The van der Waals surface area contributed by atoms with E-state index in [9.17, 15) is 14.4 Å². The van der Waals surface area contributed by atoms with Gasteiger partial charge in [0.2, 0.25) is 0 Å². The highest BCUT2D eigenvalue weighted by Crippen LogP contribution is 2.30. The Morgan fingerprint density at radius 3 is 2.42 bits per heavy atom. The first kappa shape index (κ1) is 28.5. The number of hydrazone groups is 1. The molecule has 38 heavy (non-hydrogen) atoms. The number of nitrogens with one attached hydrogen (secondary N) is 2. The molecule has 0 saturated heterocycles. The fourth-order valence-corrected chi connectivity index (χ4v) is 3.55. The molecule has 3 aromatic rings. The minimum atomic E-state index is -0.679. The van der Waals surface area contributed by atoms with Gasteiger partial charge in [-0.3, -0.25) is 9.59 Å². The highest BCUT2D eigenvalue weighted by molar-refractivity contribution is 6.36. The second kappa shape index (κ2) is 14.0. The summed E-state index contributed by atoms with van der Waals surface area (Å²) < 4.78 is 16.2. The largest absolute Gasteiger partial charge is 0.494 e. The van der Waals surface area contributed by atoms with E-state index in [4.69, 9.17) is 37.4 Å². The fourth-order valence-electron chi connectivity index (χ4n) is 3.06. The summed E-state index contributed by atoms with van der Waals surface area (Å²) in [6, 6.07) is 15.8. The molecule has 2 N–H and O–H groups in total. The molecule has 0 aliphatic heterocycles. The minimum absolute atomic E-state index is 0.150. The number of nitrogens with zero attached hydrogens (tertiary/aromatic N) is 1. The van der Waals surface area contributed by atoms with E-state index < -0.39 is 17.8 Å². The van der Waals surface area contributed by atoms with Gasteiger partial charge in [-0.2, -0.15) is 5.10 Å². The maximum absolute atomic E-state index is 12.5. The van der Waals surface area contributed by atoms with Crippen molar-refractivity contribution in [3.8, 4) is 17.2 Å². The van der Waals surface area contributed by atoms with Gasteiger partial charge < -0.3 is 19.5 Å². The van der Waals surface area contributed by atoms with Gasteiger partial charge in [-0.05, 0) is 72.6 Å². The van der Waals surface area contributed by atoms with Crippen LogP contribution in [-0.2, 0) is 4.79 Å². The molecule has 0 heterocycles. The van der Waals surface area contributed by atoms with E-state index in [1.54, 1.807) is 36.4 Å². The molecule has 0 radical (unpaired) electrons. The van der Waals surface area contributed by atoms with E-state index in [2.05, 4.69) is 15.8 Å². The predicted octanol–water partition coefficient (Wildman–Crippen LogP) is 4.89. The van der Waals surface area contributed by atoms with E-state index in [1.807, 2.05) is 6.92 Å². The molecular formula is C27H25Cl2N3O6. The summed E-state index contributed by atoms with van der Waals surface area (Å²) in [6.07, 6.45) is 2.26. The number of halogens is 2. The Balaban J connectivity index is 1.51. The molecule has 11 heteroatoms. The van der Waals surface area contributed by atoms with Crippen LogP contribution >= 0.6 is 23.2 Å². The molecule has 0 saturated carbocycles. The molecular weight excluding hydrogens is 533 g/mol. The lowest BCUT2D eigenvalue weighted by Gasteiger charge is -2.10. The molecule has 0 aliphatic carbocycles. The van der Waals surface area contributed by atoms with Crippen molar-refractivity contribution in [2.75, 3.05) is 20.3 Å². The first-order chi connectivity index (χ1) is 18.3. The monoisotopic (exact) mass is 557 g/mol. The molecule has 0 aromatic heterocycles. The van der Waals surface area contributed by atoms with Crippen LogP contribution in [0.4, 0.5) is 0 Å². The zero-order chi connectivity index (χ0) is 27.5. The predicted molar refractivity (Wildman–Crippen MR) is 145 cm³/mol. The molecule has 0 fully saturated rings. The summed E-state index contributed by atoms with van der Waals surface area (Å²) in [5.41, 5.74) is 3.44. The summed E-state index contributed by atoms with van der Waals surface area (Å²) in [5, 5.41) is 6.96. The second-order valence-corrected chi connectivity index (χ2v) is 8.62. The Bertz CT molecular complexity index is 1330. The van der Waals surface area contributed by atoms with E-state index in [-0.39, 0.29) is 28.6 Å². The van der Waals surface area contributed by atoms with Gasteiger partial charge in [0.25, 0.3) is 11.8 Å². The molecule has 3 aromatic carbocycles. The van der Waals surface area contributed by atoms with E-state index in [0.717, 1.165) is 6.42 Å². The quantitative estimate of drug-likeness (QED) is 0.150. The average molecular weight is 558 g/mol. The Labute approximate surface area is 229 Å². The highest BCUT2D eigenvalue weighted by Gasteiger charge is 2.16. The lowest BCUT2D eigenvalue weighted by molar-refractivity contribution is -0.120. The van der Waals surface area contributed by atoms with Crippen molar-refractivity contribution in [3.05, 3.63) is 87.4 Å². The smallest absolute Gasteiger partial charge is 0.345 e. The van der Waals surface area contributed by atoms with Crippen molar-refractivity contribution in [1.82, 2.24) is 10.7 Å². The molecule has 0 spiro atoms. The SMILES string of the molecule is CCCOc1ccc(C(=O)NCC(=O)N/N=C/c2ccc(OC(=O)c3ccc(Cl)cc3Cl)c(OC)c2)cc1. The Kier molecular flexibility index (Phi) is 10.5. The lowest BCUT2D eigenvalue weighted by atomic mass is 10.2. The summed E-state index contributed by atoms with van der Waals surface area (Å²) in [6.45, 7) is 2.33. The first-order valence-corrected chi connectivity index (χ1v) is 12.2. The number of rotatable bonds is 11. The zero-order valence-electron chi connectivity index (χ0n) is 20.6. The van der Waals surface area contributed by atoms with E-state index in [0.29, 0.717) is 28.5 Å². The maximum Gasteiger partial charge on any atom is 0.345 e. The number of amides is 2. The van der Waals surface area contributed by atoms with Gasteiger partial charge in [-0.15, -0.1) is 0 Å². The highest BCUT2D eigenvalue weighted by atomic mass is 35.5. The average Bonchev–Trinajstić information content (AvgIpc) is 2.91. The van der Waals surface area contributed by atoms with Crippen LogP contribution in [0, 0.1) is 0 Å². The van der Waals surface area contributed by atoms with Crippen molar-refractivity contribution in [2.45, 2.75) is 13.3 Å². The minimum Gasteiger partial charge on any atom is -0.494 e. The number of esters is 1. The third-order valence-electron chi connectivity index (χ3n) is 4.94. The Morgan fingerprint density at radius 1 is 0.974 bits per heavy atom. The standard InChI is InChI=1S/C27H25Cl2N3O6/c1-3-12-37-20-8-5-18(6-9-20)26(34)30-16-25(33)32-31-15-17-4-11-23(24(13-17)36-2)38-27(35)21-10-7-19(28)14-22(21)29/h4-11,13-15H,3,12,16H2,1-2H3,(H,30,34)(H,32,33)/b31-15+. The van der Waals surface area contributed by atoms with Crippen molar-refractivity contribution in [2.24, 2.45) is 5.10 Å². The van der Waals surface area contributed by atoms with Crippen molar-refractivity contribution < 1.29 is 28.6 Å². The van der Waals surface area contributed by atoms with Crippen LogP contribution in [0.15, 0.2) is 65.8 Å². The molecule has 0 unspecified atom stereocenters. The van der Waals surface area contributed by atoms with Gasteiger partial charge in [0.05, 0.1) is 37.1 Å². The van der Waals surface area contributed by atoms with E-state index in [1.165, 1.54) is 37.6 Å². The van der Waals surface area contributed by atoms with Crippen LogP contribution < -0.4 is 25.0 Å². The molecule has 2 amide bonds. The zero-order valence-corrected chi connectivity index (χ0v) is 22.1. The topological polar surface area (TPSA) is 115 Å². The van der Waals surface area contributed by atoms with Gasteiger partial charge in [0.1, 0.15) is 5.75 Å². The third kappa shape index (κ3) is 8.22. The molecule has 0 aliphatic rings. The maximum atomic E-state index is 12.5. The summed E-state index contributed by atoms with van der Waals surface area (Å²) >= 11 is 11.9. The third-order valence-corrected chi connectivity index (χ3v) is 5.49. The van der Waals surface area contributed by atoms with Gasteiger partial charge in [-0.1, -0.05) is 30.1 Å². The summed E-state index contributed by atoms with van der Waals surface area (Å²) in [4.78, 5) is 36.8. The Hall–Kier alpha value is -4.08.